The van der Waals surface area contributed by atoms with E-state index in [-0.39, 0.29) is 5.09 Å². The van der Waals surface area contributed by atoms with Crippen molar-refractivity contribution in [3.8, 4) is 11.5 Å². The SMILES string of the molecule is Cc1ccc(-c2nc(P(=O)(c3ccccc3)c3ccccc3)c(S)o2)cc1. The molecule has 3 nitrogen and oxygen atoms in total. The number of thiol groups is 1. The molecule has 0 saturated heterocycles. The Morgan fingerprint density at radius 2 is 1.33 bits per heavy atom. The van der Waals surface area contributed by atoms with Gasteiger partial charge in [0, 0.05) is 16.2 Å². The van der Waals surface area contributed by atoms with E-state index in [4.69, 9.17) is 4.42 Å². The molecule has 0 unspecified atom stereocenters. The van der Waals surface area contributed by atoms with Crippen molar-refractivity contribution in [1.29, 1.82) is 0 Å². The molecule has 0 N–H and O–H groups in total. The van der Waals surface area contributed by atoms with Gasteiger partial charge in [0.05, 0.1) is 0 Å². The highest BCUT2D eigenvalue weighted by atomic mass is 32.1. The van der Waals surface area contributed by atoms with Crippen LogP contribution in [0.4, 0.5) is 0 Å². The van der Waals surface area contributed by atoms with Gasteiger partial charge in [-0.15, -0.1) is 12.6 Å². The summed E-state index contributed by atoms with van der Waals surface area (Å²) in [5.41, 5.74) is 2.35. The van der Waals surface area contributed by atoms with Crippen LogP contribution in [0.5, 0.6) is 0 Å². The first-order valence-electron chi connectivity index (χ1n) is 8.58. The van der Waals surface area contributed by atoms with E-state index in [1.165, 1.54) is 0 Å². The molecule has 0 fully saturated rings. The zero-order valence-electron chi connectivity index (χ0n) is 14.7. The van der Waals surface area contributed by atoms with Gasteiger partial charge in [0.2, 0.25) is 5.89 Å². The molecule has 0 radical (unpaired) electrons. The lowest BCUT2D eigenvalue weighted by atomic mass is 10.1. The molecule has 1 heterocycles. The quantitative estimate of drug-likeness (QED) is 0.409. The predicted octanol–water partition coefficient (Wildman–Crippen LogP) is 4.58. The second kappa shape index (κ2) is 7.22. The van der Waals surface area contributed by atoms with Gasteiger partial charge in [0.15, 0.2) is 17.7 Å². The number of oxazole rings is 1. The van der Waals surface area contributed by atoms with Crippen molar-refractivity contribution in [1.82, 2.24) is 4.98 Å². The fraction of sp³-hybridized carbons (Fsp3) is 0.0455. The molecule has 4 aromatic rings. The number of hydrogen-bond acceptors (Lipinski definition) is 4. The minimum atomic E-state index is -3.20. The van der Waals surface area contributed by atoms with E-state index in [0.29, 0.717) is 21.9 Å². The Morgan fingerprint density at radius 1 is 0.815 bits per heavy atom. The molecule has 0 saturated carbocycles. The monoisotopic (exact) mass is 391 g/mol. The van der Waals surface area contributed by atoms with Gasteiger partial charge in [-0.3, -0.25) is 0 Å². The second-order valence-corrected chi connectivity index (χ2v) is 9.38. The van der Waals surface area contributed by atoms with E-state index in [2.05, 4.69) is 17.6 Å². The molecule has 4 rings (SSSR count). The number of aromatic nitrogens is 1. The van der Waals surface area contributed by atoms with E-state index in [9.17, 15) is 4.57 Å². The fourth-order valence-electron chi connectivity index (χ4n) is 3.00. The third kappa shape index (κ3) is 3.27. The molecular weight excluding hydrogens is 373 g/mol. The molecule has 0 aliphatic heterocycles. The van der Waals surface area contributed by atoms with Crippen LogP contribution >= 0.6 is 19.8 Å². The van der Waals surface area contributed by atoms with Crippen molar-refractivity contribution in [2.75, 3.05) is 0 Å². The van der Waals surface area contributed by atoms with Crippen LogP contribution in [0.2, 0.25) is 0 Å². The standard InChI is InChI=1S/C22H18NO2PS/c1-16-12-14-17(15-13-16)20-23-21(22(27)25-20)26(24,18-8-4-2-5-9-18)19-10-6-3-7-11-19/h2-15,27H,1H3. The summed E-state index contributed by atoms with van der Waals surface area (Å²) in [6.45, 7) is 2.02. The Kier molecular flexibility index (Phi) is 4.77. The number of nitrogens with zero attached hydrogens (tertiary/aromatic N) is 1. The minimum Gasteiger partial charge on any atom is -0.429 e. The van der Waals surface area contributed by atoms with Gasteiger partial charge in [0.25, 0.3) is 0 Å². The highest BCUT2D eigenvalue weighted by Gasteiger charge is 2.35. The molecule has 3 aromatic carbocycles. The Morgan fingerprint density at radius 3 is 1.85 bits per heavy atom. The topological polar surface area (TPSA) is 43.1 Å². The maximum absolute atomic E-state index is 14.4. The molecule has 5 heteroatoms. The Balaban J connectivity index is 1.92. The molecule has 0 spiro atoms. The summed E-state index contributed by atoms with van der Waals surface area (Å²) < 4.78 is 20.2. The average Bonchev–Trinajstić information content (AvgIpc) is 3.11. The highest BCUT2D eigenvalue weighted by molar-refractivity contribution is 7.87. The summed E-state index contributed by atoms with van der Waals surface area (Å²) in [6.07, 6.45) is 0. The normalized spacial score (nSPS) is 11.5. The third-order valence-electron chi connectivity index (χ3n) is 4.43. The van der Waals surface area contributed by atoms with Crippen molar-refractivity contribution >= 4 is 35.8 Å². The Hall–Kier alpha value is -2.55. The maximum atomic E-state index is 14.4. The maximum Gasteiger partial charge on any atom is 0.228 e. The van der Waals surface area contributed by atoms with Gasteiger partial charge in [0.1, 0.15) is 0 Å². The number of aryl methyl sites for hydroxylation is 1. The van der Waals surface area contributed by atoms with Gasteiger partial charge in [-0.25, -0.2) is 4.98 Å². The summed E-state index contributed by atoms with van der Waals surface area (Å²) in [6, 6.07) is 26.6. The number of benzene rings is 3. The van der Waals surface area contributed by atoms with Crippen LogP contribution in [0.1, 0.15) is 5.56 Å². The largest absolute Gasteiger partial charge is 0.429 e. The zero-order chi connectivity index (χ0) is 18.9. The summed E-state index contributed by atoms with van der Waals surface area (Å²) in [5.74, 6) is 0.419. The molecular formula is C22H18NO2PS. The molecule has 134 valence electrons. The van der Waals surface area contributed by atoms with Crippen molar-refractivity contribution in [2.24, 2.45) is 0 Å². The molecule has 1 aromatic heterocycles. The molecule has 0 bridgehead atoms. The first kappa shape index (κ1) is 17.8. The van der Waals surface area contributed by atoms with E-state index in [0.717, 1.165) is 11.1 Å². The second-order valence-electron chi connectivity index (χ2n) is 6.29. The van der Waals surface area contributed by atoms with Crippen LogP contribution in [-0.4, -0.2) is 4.98 Å². The van der Waals surface area contributed by atoms with Gasteiger partial charge >= 0.3 is 0 Å². The molecule has 0 aliphatic rings. The predicted molar refractivity (Wildman–Crippen MR) is 113 cm³/mol. The van der Waals surface area contributed by atoms with E-state index in [1.54, 1.807) is 0 Å². The lowest BCUT2D eigenvalue weighted by molar-refractivity contribution is 0.489. The van der Waals surface area contributed by atoms with Crippen LogP contribution < -0.4 is 16.0 Å². The third-order valence-corrected chi connectivity index (χ3v) is 7.86. The first-order valence-corrected chi connectivity index (χ1v) is 10.7. The van der Waals surface area contributed by atoms with Crippen LogP contribution in [0.3, 0.4) is 0 Å². The lowest BCUT2D eigenvalue weighted by Gasteiger charge is -2.17. The smallest absolute Gasteiger partial charge is 0.228 e. The fourth-order valence-corrected chi connectivity index (χ4v) is 6.08. The van der Waals surface area contributed by atoms with Gasteiger partial charge in [-0.2, -0.15) is 0 Å². The molecule has 0 aliphatic carbocycles. The highest BCUT2D eigenvalue weighted by Crippen LogP contribution is 2.44. The van der Waals surface area contributed by atoms with E-state index in [1.807, 2.05) is 91.9 Å². The van der Waals surface area contributed by atoms with Crippen LogP contribution in [0.15, 0.2) is 94.4 Å². The van der Waals surface area contributed by atoms with Crippen LogP contribution in [-0.2, 0) is 4.57 Å². The Bertz CT molecular complexity index is 1060. The van der Waals surface area contributed by atoms with Gasteiger partial charge in [-0.05, 0) is 19.1 Å². The number of rotatable bonds is 4. The molecule has 0 atom stereocenters. The lowest BCUT2D eigenvalue weighted by Crippen LogP contribution is -2.26. The van der Waals surface area contributed by atoms with Crippen molar-refractivity contribution in [2.45, 2.75) is 12.0 Å². The van der Waals surface area contributed by atoms with Crippen LogP contribution in [0, 0.1) is 6.92 Å². The Labute approximate surface area is 163 Å². The molecule has 27 heavy (non-hydrogen) atoms. The minimum absolute atomic E-state index is 0.279. The summed E-state index contributed by atoms with van der Waals surface area (Å²) in [4.78, 5) is 4.63. The summed E-state index contributed by atoms with van der Waals surface area (Å²) in [7, 11) is -3.20. The van der Waals surface area contributed by atoms with Gasteiger partial charge in [-0.1, -0.05) is 78.4 Å². The van der Waals surface area contributed by atoms with Crippen molar-refractivity contribution in [3.05, 3.63) is 90.5 Å². The summed E-state index contributed by atoms with van der Waals surface area (Å²) in [5, 5.41) is 1.69. The van der Waals surface area contributed by atoms with Crippen molar-refractivity contribution in [3.63, 3.8) is 0 Å². The van der Waals surface area contributed by atoms with Crippen LogP contribution in [0.25, 0.3) is 11.5 Å². The molecule has 0 amide bonds. The van der Waals surface area contributed by atoms with Gasteiger partial charge < -0.3 is 8.98 Å². The number of hydrogen-bond donors (Lipinski definition) is 1. The van der Waals surface area contributed by atoms with E-state index >= 15 is 0 Å². The summed E-state index contributed by atoms with van der Waals surface area (Å²) >= 11 is 4.48. The van der Waals surface area contributed by atoms with Crippen molar-refractivity contribution < 1.29 is 8.98 Å². The average molecular weight is 391 g/mol. The first-order chi connectivity index (χ1) is 13.1. The van der Waals surface area contributed by atoms with E-state index < -0.39 is 7.14 Å². The zero-order valence-corrected chi connectivity index (χ0v) is 16.5.